The molecule has 5 heteroatoms. The number of likely N-dealkylation sites (N-methyl/N-ethyl adjacent to an activating group) is 1. The molecule has 0 radical (unpaired) electrons. The van der Waals surface area contributed by atoms with Crippen LogP contribution in [-0.4, -0.2) is 53.5 Å². The van der Waals surface area contributed by atoms with Crippen LogP contribution in [0, 0.1) is 5.92 Å². The number of rotatable bonds is 4. The van der Waals surface area contributed by atoms with E-state index in [9.17, 15) is 14.7 Å². The number of likely N-dealkylation sites (tertiary alicyclic amines) is 1. The number of nitrogens with one attached hydrogen (secondary N) is 1. The second-order valence-corrected chi connectivity index (χ2v) is 6.34. The molecule has 0 aromatic heterocycles. The van der Waals surface area contributed by atoms with Crippen LogP contribution in [-0.2, 0) is 9.59 Å². The van der Waals surface area contributed by atoms with Crippen molar-refractivity contribution in [3.8, 4) is 0 Å². The summed E-state index contributed by atoms with van der Waals surface area (Å²) in [6, 6.07) is -0.663. The Morgan fingerprint density at radius 2 is 1.90 bits per heavy atom. The fraction of sp³-hybridized carbons (Fsp3) is 0.867. The molecule has 0 spiro atoms. The van der Waals surface area contributed by atoms with E-state index in [-0.39, 0.29) is 29.7 Å². The van der Waals surface area contributed by atoms with Crippen molar-refractivity contribution in [1.82, 2.24) is 10.2 Å². The summed E-state index contributed by atoms with van der Waals surface area (Å²) in [7, 11) is 1.84. The molecule has 3 atom stereocenters. The molecule has 1 saturated carbocycles. The quantitative estimate of drug-likeness (QED) is 0.796. The van der Waals surface area contributed by atoms with Crippen LogP contribution in [0.1, 0.15) is 45.4 Å². The third kappa shape index (κ3) is 3.58. The molecule has 114 valence electrons. The number of hydrogen-bond acceptors (Lipinski definition) is 4. The number of aliphatic hydroxyl groups is 1. The van der Waals surface area contributed by atoms with Gasteiger partial charge in [-0.15, -0.1) is 0 Å². The largest absolute Gasteiger partial charge is 0.392 e. The molecule has 2 rings (SSSR count). The highest BCUT2D eigenvalue weighted by Crippen LogP contribution is 2.27. The highest BCUT2D eigenvalue weighted by atomic mass is 16.3. The third-order valence-electron chi connectivity index (χ3n) is 4.69. The first kappa shape index (κ1) is 15.4. The Bertz CT molecular complexity index is 366. The number of aliphatic hydroxyl groups excluding tert-OH is 1. The van der Waals surface area contributed by atoms with Gasteiger partial charge in [0.1, 0.15) is 0 Å². The highest BCUT2D eigenvalue weighted by molar-refractivity contribution is 5.90. The van der Waals surface area contributed by atoms with Crippen molar-refractivity contribution in [2.24, 2.45) is 5.92 Å². The van der Waals surface area contributed by atoms with Crippen LogP contribution in [0.2, 0.25) is 0 Å². The maximum atomic E-state index is 12.3. The minimum Gasteiger partial charge on any atom is -0.392 e. The lowest BCUT2D eigenvalue weighted by Gasteiger charge is -2.30. The molecule has 1 aliphatic carbocycles. The van der Waals surface area contributed by atoms with Crippen molar-refractivity contribution in [2.75, 3.05) is 13.6 Å². The number of hydrogen-bond donors (Lipinski definition) is 2. The number of nitrogens with zero attached hydrogens (tertiary/aromatic N) is 1. The van der Waals surface area contributed by atoms with E-state index in [1.54, 1.807) is 6.92 Å². The summed E-state index contributed by atoms with van der Waals surface area (Å²) in [5.41, 5.74) is 0. The average molecular weight is 282 g/mol. The molecule has 1 aliphatic heterocycles. The van der Waals surface area contributed by atoms with Crippen LogP contribution in [0.5, 0.6) is 0 Å². The lowest BCUT2D eigenvalue weighted by atomic mass is 9.82. The number of β-amino-alcohol motifs (C(OH)–C–C–N with tert-alkyl or cyclic N) is 1. The van der Waals surface area contributed by atoms with Gasteiger partial charge in [0, 0.05) is 6.54 Å². The first-order chi connectivity index (χ1) is 9.49. The molecular formula is C15H26N2O3. The van der Waals surface area contributed by atoms with Crippen molar-refractivity contribution in [3.63, 3.8) is 0 Å². The fourth-order valence-corrected chi connectivity index (χ4v) is 3.55. The zero-order chi connectivity index (χ0) is 14.7. The molecular weight excluding hydrogens is 256 g/mol. The van der Waals surface area contributed by atoms with Crippen LogP contribution in [0.25, 0.3) is 0 Å². The normalized spacial score (nSPS) is 30.1. The summed E-state index contributed by atoms with van der Waals surface area (Å²) in [6.45, 7) is 2.08. The number of Topliss-reactive ketones (excluding diaryl/α,β-unsaturated/α-hetero) is 1. The van der Waals surface area contributed by atoms with Gasteiger partial charge in [0.15, 0.2) is 5.78 Å². The van der Waals surface area contributed by atoms with Crippen LogP contribution >= 0.6 is 0 Å². The number of ketones is 1. The van der Waals surface area contributed by atoms with Gasteiger partial charge in [0.25, 0.3) is 0 Å². The van der Waals surface area contributed by atoms with Crippen molar-refractivity contribution >= 4 is 11.7 Å². The van der Waals surface area contributed by atoms with E-state index in [2.05, 4.69) is 5.32 Å². The maximum absolute atomic E-state index is 12.3. The van der Waals surface area contributed by atoms with Gasteiger partial charge in [-0.05, 0) is 39.2 Å². The van der Waals surface area contributed by atoms with Gasteiger partial charge in [-0.2, -0.15) is 0 Å². The Kier molecular flexibility index (Phi) is 5.16. The van der Waals surface area contributed by atoms with E-state index in [1.165, 1.54) is 6.42 Å². The van der Waals surface area contributed by atoms with Gasteiger partial charge in [-0.1, -0.05) is 19.3 Å². The third-order valence-corrected chi connectivity index (χ3v) is 4.69. The summed E-state index contributed by atoms with van der Waals surface area (Å²) >= 11 is 0. The topological polar surface area (TPSA) is 69.6 Å². The van der Waals surface area contributed by atoms with E-state index in [1.807, 2.05) is 11.9 Å². The van der Waals surface area contributed by atoms with Gasteiger partial charge in [0.05, 0.1) is 18.2 Å². The number of carbonyl (C=O) groups excluding carboxylic acids is 2. The Morgan fingerprint density at radius 3 is 2.40 bits per heavy atom. The van der Waals surface area contributed by atoms with Crippen molar-refractivity contribution in [1.29, 1.82) is 0 Å². The summed E-state index contributed by atoms with van der Waals surface area (Å²) in [4.78, 5) is 26.1. The van der Waals surface area contributed by atoms with Gasteiger partial charge in [-0.25, -0.2) is 0 Å². The Labute approximate surface area is 120 Å². The van der Waals surface area contributed by atoms with Crippen molar-refractivity contribution < 1.29 is 14.7 Å². The van der Waals surface area contributed by atoms with E-state index in [0.29, 0.717) is 13.0 Å². The first-order valence-corrected chi connectivity index (χ1v) is 7.68. The Morgan fingerprint density at radius 1 is 1.25 bits per heavy atom. The molecule has 0 aromatic rings. The van der Waals surface area contributed by atoms with Gasteiger partial charge in [0.2, 0.25) is 5.91 Å². The van der Waals surface area contributed by atoms with Crippen molar-refractivity contribution in [2.45, 2.75) is 63.6 Å². The number of amides is 1. The lowest BCUT2D eigenvalue weighted by molar-refractivity contribution is -0.131. The summed E-state index contributed by atoms with van der Waals surface area (Å²) < 4.78 is 0. The second-order valence-electron chi connectivity index (χ2n) is 6.34. The summed E-state index contributed by atoms with van der Waals surface area (Å²) in [6.07, 6.45) is 5.57. The van der Waals surface area contributed by atoms with E-state index < -0.39 is 6.10 Å². The molecule has 20 heavy (non-hydrogen) atoms. The average Bonchev–Trinajstić information content (AvgIpc) is 2.75. The van der Waals surface area contributed by atoms with Crippen LogP contribution < -0.4 is 5.32 Å². The standard InChI is InChI=1S/C15H26N2O3/c1-10(18)14(11-6-4-3-5-7-11)16-15(20)13-8-12(19)9-17(13)2/h11-14,19H,3-9H2,1-2H3,(H,16,20)/t12-,13+,14-/m1/s1. The van der Waals surface area contributed by atoms with Crippen LogP contribution in [0.15, 0.2) is 0 Å². The van der Waals surface area contributed by atoms with E-state index in [4.69, 9.17) is 0 Å². The minimum absolute atomic E-state index is 0.0476. The summed E-state index contributed by atoms with van der Waals surface area (Å²) in [5, 5.41) is 12.6. The molecule has 1 amide bonds. The molecule has 2 aliphatic rings. The molecule has 2 N–H and O–H groups in total. The lowest BCUT2D eigenvalue weighted by Crippen LogP contribution is -2.51. The smallest absolute Gasteiger partial charge is 0.238 e. The SMILES string of the molecule is CC(=O)[C@@H](NC(=O)[C@@H]1C[C@@H](O)CN1C)C1CCCCC1. The molecule has 5 nitrogen and oxygen atoms in total. The molecule has 0 unspecified atom stereocenters. The molecule has 0 aromatic carbocycles. The zero-order valence-corrected chi connectivity index (χ0v) is 12.5. The highest BCUT2D eigenvalue weighted by Gasteiger charge is 2.36. The van der Waals surface area contributed by atoms with E-state index in [0.717, 1.165) is 25.7 Å². The van der Waals surface area contributed by atoms with Crippen LogP contribution in [0.3, 0.4) is 0 Å². The minimum atomic E-state index is -0.443. The first-order valence-electron chi connectivity index (χ1n) is 7.68. The van der Waals surface area contributed by atoms with Gasteiger partial charge in [-0.3, -0.25) is 14.5 Å². The second kappa shape index (κ2) is 6.68. The van der Waals surface area contributed by atoms with Crippen LogP contribution in [0.4, 0.5) is 0 Å². The zero-order valence-electron chi connectivity index (χ0n) is 12.5. The Hall–Kier alpha value is -0.940. The number of carbonyl (C=O) groups is 2. The molecule has 2 fully saturated rings. The van der Waals surface area contributed by atoms with Gasteiger partial charge < -0.3 is 10.4 Å². The monoisotopic (exact) mass is 282 g/mol. The fourth-order valence-electron chi connectivity index (χ4n) is 3.55. The molecule has 1 heterocycles. The van der Waals surface area contributed by atoms with E-state index >= 15 is 0 Å². The maximum Gasteiger partial charge on any atom is 0.238 e. The Balaban J connectivity index is 1.97. The predicted octanol–water partition coefficient (Wildman–Crippen LogP) is 0.705. The summed E-state index contributed by atoms with van der Waals surface area (Å²) in [5.74, 6) is 0.211. The molecule has 0 bridgehead atoms. The van der Waals surface area contributed by atoms with Gasteiger partial charge >= 0.3 is 0 Å². The molecule has 1 saturated heterocycles. The van der Waals surface area contributed by atoms with Crippen molar-refractivity contribution in [3.05, 3.63) is 0 Å². The predicted molar refractivity (Wildman–Crippen MR) is 76.2 cm³/mol.